The van der Waals surface area contributed by atoms with E-state index < -0.39 is 0 Å². The molecule has 7 nitrogen and oxygen atoms in total. The van der Waals surface area contributed by atoms with Crippen molar-refractivity contribution in [2.24, 2.45) is 0 Å². The average molecular weight is 304 g/mol. The number of fused-ring (bicyclic) bond motifs is 2. The van der Waals surface area contributed by atoms with Gasteiger partial charge in [0.15, 0.2) is 11.5 Å². The summed E-state index contributed by atoms with van der Waals surface area (Å²) in [7, 11) is 0. The number of ketones is 2. The van der Waals surface area contributed by atoms with Gasteiger partial charge in [-0.2, -0.15) is 0 Å². The zero-order valence-corrected chi connectivity index (χ0v) is 12.9. The molecule has 3 heterocycles. The summed E-state index contributed by atoms with van der Waals surface area (Å²) in [5.41, 5.74) is 0. The second kappa shape index (κ2) is 6.00. The molecule has 0 saturated carbocycles. The number of rotatable bonds is 6. The number of nitrogens with zero attached hydrogens (tertiary/aromatic N) is 4. The van der Waals surface area contributed by atoms with Crippen molar-refractivity contribution in [3.05, 3.63) is 12.4 Å². The topological polar surface area (TPSA) is 75.6 Å². The summed E-state index contributed by atoms with van der Waals surface area (Å²) >= 11 is 0. The van der Waals surface area contributed by atoms with Gasteiger partial charge in [-0.15, -0.1) is 0 Å². The van der Waals surface area contributed by atoms with Crippen molar-refractivity contribution in [3.8, 4) is 5.75 Å². The van der Waals surface area contributed by atoms with Gasteiger partial charge < -0.3 is 9.64 Å². The molecule has 1 aromatic heterocycles. The Morgan fingerprint density at radius 2 is 1.91 bits per heavy atom. The van der Waals surface area contributed by atoms with Gasteiger partial charge in [0.05, 0.1) is 18.9 Å². The summed E-state index contributed by atoms with van der Waals surface area (Å²) in [6, 6.07) is 0.777. The number of aromatic nitrogens is 2. The molecule has 3 rings (SSSR count). The van der Waals surface area contributed by atoms with Crippen LogP contribution in [-0.4, -0.2) is 64.8 Å². The summed E-state index contributed by atoms with van der Waals surface area (Å²) in [6.45, 7) is 5.42. The summed E-state index contributed by atoms with van der Waals surface area (Å²) < 4.78 is 5.27. The number of carbonyl (C=O) groups excluding carboxylic acids is 2. The first kappa shape index (κ1) is 14.9. The van der Waals surface area contributed by atoms with E-state index in [2.05, 4.69) is 19.8 Å². The van der Waals surface area contributed by atoms with Gasteiger partial charge >= 0.3 is 0 Å². The molecule has 2 atom stereocenters. The van der Waals surface area contributed by atoms with E-state index in [4.69, 9.17) is 4.74 Å². The molecule has 2 saturated heterocycles. The Morgan fingerprint density at radius 1 is 1.18 bits per heavy atom. The van der Waals surface area contributed by atoms with E-state index in [0.29, 0.717) is 30.3 Å². The molecule has 7 heteroatoms. The van der Waals surface area contributed by atoms with Crippen LogP contribution in [0.1, 0.15) is 20.3 Å². The maximum Gasteiger partial charge on any atom is 0.225 e. The third-order valence-corrected chi connectivity index (χ3v) is 4.09. The van der Waals surface area contributed by atoms with Crippen LogP contribution in [0.4, 0.5) is 5.95 Å². The van der Waals surface area contributed by atoms with Crippen molar-refractivity contribution < 1.29 is 14.3 Å². The van der Waals surface area contributed by atoms with Gasteiger partial charge in [-0.25, -0.2) is 9.97 Å². The van der Waals surface area contributed by atoms with Gasteiger partial charge in [-0.05, 0) is 20.3 Å². The Bertz CT molecular complexity index is 575. The maximum absolute atomic E-state index is 11.3. The number of hydrogen-bond acceptors (Lipinski definition) is 7. The van der Waals surface area contributed by atoms with Crippen LogP contribution in [0.2, 0.25) is 0 Å². The van der Waals surface area contributed by atoms with Crippen LogP contribution < -0.4 is 9.64 Å². The van der Waals surface area contributed by atoms with Crippen LogP contribution in [0.5, 0.6) is 5.75 Å². The first-order valence-electron chi connectivity index (χ1n) is 7.47. The lowest BCUT2D eigenvalue weighted by atomic mass is 10.2. The molecular weight excluding hydrogens is 284 g/mol. The van der Waals surface area contributed by atoms with Crippen LogP contribution in [-0.2, 0) is 9.59 Å². The third kappa shape index (κ3) is 3.09. The van der Waals surface area contributed by atoms with Gasteiger partial charge in [-0.3, -0.25) is 14.5 Å². The van der Waals surface area contributed by atoms with Crippen LogP contribution in [0.3, 0.4) is 0 Å². The average Bonchev–Trinajstić information content (AvgIpc) is 3.05. The van der Waals surface area contributed by atoms with Crippen LogP contribution in [0.15, 0.2) is 12.4 Å². The lowest BCUT2D eigenvalue weighted by molar-refractivity contribution is -0.119. The first-order chi connectivity index (χ1) is 10.5. The minimum Gasteiger partial charge on any atom is -0.483 e. The predicted octanol–water partition coefficient (Wildman–Crippen LogP) is 0.296. The van der Waals surface area contributed by atoms with Crippen LogP contribution in [0.25, 0.3) is 0 Å². The van der Waals surface area contributed by atoms with Crippen molar-refractivity contribution in [1.82, 2.24) is 14.9 Å². The molecule has 1 aromatic rings. The number of hydrogen-bond donors (Lipinski definition) is 0. The zero-order valence-electron chi connectivity index (χ0n) is 12.9. The standard InChI is InChI=1S/C15H20N4O3/c1-10(20)6-18-7-13-3-12(18)8-19(13)15-16-4-14(5-17-15)22-9-11(2)21/h4-5,12-13H,3,6-9H2,1-2H3/t12-,13-/m1/s1. The molecular formula is C15H20N4O3. The van der Waals surface area contributed by atoms with Gasteiger partial charge in [0.2, 0.25) is 5.95 Å². The fraction of sp³-hybridized carbons (Fsp3) is 0.600. The molecule has 0 aromatic carbocycles. The molecule has 2 bridgehead atoms. The third-order valence-electron chi connectivity index (χ3n) is 4.09. The molecule has 0 radical (unpaired) electrons. The summed E-state index contributed by atoms with van der Waals surface area (Å²) in [5.74, 6) is 1.36. The molecule has 0 amide bonds. The number of anilines is 1. The fourth-order valence-corrected chi connectivity index (χ4v) is 3.19. The highest BCUT2D eigenvalue weighted by Gasteiger charge is 2.44. The van der Waals surface area contributed by atoms with Gasteiger partial charge in [0, 0.05) is 25.2 Å². The highest BCUT2D eigenvalue weighted by Crippen LogP contribution is 2.32. The van der Waals surface area contributed by atoms with Gasteiger partial charge in [-0.1, -0.05) is 0 Å². The second-order valence-electron chi connectivity index (χ2n) is 6.04. The molecule has 2 fully saturated rings. The van der Waals surface area contributed by atoms with E-state index in [0.717, 1.165) is 19.5 Å². The lowest BCUT2D eigenvalue weighted by Crippen LogP contribution is -2.48. The number of likely N-dealkylation sites (tertiary alicyclic amines) is 1. The minimum atomic E-state index is -0.0357. The van der Waals surface area contributed by atoms with Crippen molar-refractivity contribution in [2.45, 2.75) is 32.4 Å². The summed E-state index contributed by atoms with van der Waals surface area (Å²) in [6.07, 6.45) is 4.26. The van der Waals surface area contributed by atoms with Crippen molar-refractivity contribution in [3.63, 3.8) is 0 Å². The summed E-state index contributed by atoms with van der Waals surface area (Å²) in [4.78, 5) is 35.2. The number of ether oxygens (including phenoxy) is 1. The summed E-state index contributed by atoms with van der Waals surface area (Å²) in [5, 5.41) is 0. The number of carbonyl (C=O) groups is 2. The number of Topliss-reactive ketones (excluding diaryl/α,β-unsaturated/α-hetero) is 2. The molecule has 0 spiro atoms. The number of piperazine rings is 1. The zero-order chi connectivity index (χ0) is 15.7. The molecule has 0 aliphatic carbocycles. The van der Waals surface area contributed by atoms with Gasteiger partial charge in [0.25, 0.3) is 0 Å². The Morgan fingerprint density at radius 3 is 2.45 bits per heavy atom. The molecule has 22 heavy (non-hydrogen) atoms. The van der Waals surface area contributed by atoms with E-state index in [-0.39, 0.29) is 18.2 Å². The highest BCUT2D eigenvalue weighted by atomic mass is 16.5. The van der Waals surface area contributed by atoms with E-state index in [1.165, 1.54) is 6.92 Å². The Kier molecular flexibility index (Phi) is 4.06. The lowest BCUT2D eigenvalue weighted by Gasteiger charge is -2.33. The van der Waals surface area contributed by atoms with Gasteiger partial charge in [0.1, 0.15) is 12.4 Å². The fourth-order valence-electron chi connectivity index (χ4n) is 3.19. The smallest absolute Gasteiger partial charge is 0.225 e. The normalized spacial score (nSPS) is 23.8. The van der Waals surface area contributed by atoms with Crippen molar-refractivity contribution in [1.29, 1.82) is 0 Å². The molecule has 2 aliphatic heterocycles. The van der Waals surface area contributed by atoms with E-state index >= 15 is 0 Å². The van der Waals surface area contributed by atoms with E-state index in [9.17, 15) is 9.59 Å². The monoisotopic (exact) mass is 304 g/mol. The quantitative estimate of drug-likeness (QED) is 0.748. The van der Waals surface area contributed by atoms with E-state index in [1.54, 1.807) is 19.3 Å². The van der Waals surface area contributed by atoms with Crippen LogP contribution in [0, 0.1) is 0 Å². The second-order valence-corrected chi connectivity index (χ2v) is 6.04. The largest absolute Gasteiger partial charge is 0.483 e. The van der Waals surface area contributed by atoms with Crippen LogP contribution >= 0.6 is 0 Å². The molecule has 2 aliphatic rings. The predicted molar refractivity (Wildman–Crippen MR) is 80.0 cm³/mol. The van der Waals surface area contributed by atoms with Crippen molar-refractivity contribution >= 4 is 17.5 Å². The SMILES string of the molecule is CC(=O)COc1cnc(N2C[C@H]3C[C@@H]2CN3CC(C)=O)nc1. The Balaban J connectivity index is 1.60. The maximum atomic E-state index is 11.3. The molecule has 0 N–H and O–H groups in total. The molecule has 118 valence electrons. The minimum absolute atomic E-state index is 0.0357. The van der Waals surface area contributed by atoms with E-state index in [1.807, 2.05) is 0 Å². The Labute approximate surface area is 129 Å². The molecule has 0 unspecified atom stereocenters. The highest BCUT2D eigenvalue weighted by molar-refractivity contribution is 5.77. The first-order valence-corrected chi connectivity index (χ1v) is 7.47. The Hall–Kier alpha value is -2.02. The van der Waals surface area contributed by atoms with Crippen molar-refractivity contribution in [2.75, 3.05) is 31.1 Å².